The molecule has 0 fully saturated rings. The lowest BCUT2D eigenvalue weighted by Gasteiger charge is -1.96. The van der Waals surface area contributed by atoms with Crippen molar-refractivity contribution in [2.75, 3.05) is 0 Å². The van der Waals surface area contributed by atoms with Gasteiger partial charge in [-0.25, -0.2) is 19.9 Å². The highest BCUT2D eigenvalue weighted by molar-refractivity contribution is 9.10. The first-order valence-electron chi connectivity index (χ1n) is 6.00. The van der Waals surface area contributed by atoms with Crippen LogP contribution in [0.3, 0.4) is 0 Å². The summed E-state index contributed by atoms with van der Waals surface area (Å²) in [7, 11) is 0. The van der Waals surface area contributed by atoms with Crippen molar-refractivity contribution in [3.8, 4) is 17.4 Å². The number of rotatable bonds is 3. The smallest absolute Gasteiger partial charge is 0.312 e. The standard InChI is InChI=1S/C14H9BrN4O2/c15-10-5-2-1-4-9(10)12-19-11(13(20)21-12)8-18-14-16-6-3-7-17-14/h1-8,20H. The van der Waals surface area contributed by atoms with Gasteiger partial charge in [-0.15, -0.1) is 0 Å². The van der Waals surface area contributed by atoms with Crippen molar-refractivity contribution in [3.05, 3.63) is 52.9 Å². The van der Waals surface area contributed by atoms with Crippen LogP contribution in [0.25, 0.3) is 11.5 Å². The first-order chi connectivity index (χ1) is 10.2. The van der Waals surface area contributed by atoms with E-state index in [1.165, 1.54) is 6.21 Å². The quantitative estimate of drug-likeness (QED) is 0.736. The molecule has 6 nitrogen and oxygen atoms in total. The van der Waals surface area contributed by atoms with Gasteiger partial charge < -0.3 is 9.52 Å². The van der Waals surface area contributed by atoms with Crippen LogP contribution in [0.2, 0.25) is 0 Å². The van der Waals surface area contributed by atoms with E-state index in [0.29, 0.717) is 5.89 Å². The first-order valence-corrected chi connectivity index (χ1v) is 6.79. The van der Waals surface area contributed by atoms with Gasteiger partial charge in [0.25, 0.3) is 0 Å². The molecule has 0 unspecified atom stereocenters. The van der Waals surface area contributed by atoms with Crippen LogP contribution < -0.4 is 0 Å². The van der Waals surface area contributed by atoms with Gasteiger partial charge in [-0.05, 0) is 34.1 Å². The van der Waals surface area contributed by atoms with Crippen molar-refractivity contribution < 1.29 is 9.52 Å². The molecule has 0 aliphatic rings. The third-order valence-electron chi connectivity index (χ3n) is 2.59. The van der Waals surface area contributed by atoms with Crippen molar-refractivity contribution in [3.63, 3.8) is 0 Å². The Labute approximate surface area is 128 Å². The maximum Gasteiger partial charge on any atom is 0.312 e. The van der Waals surface area contributed by atoms with Crippen molar-refractivity contribution in [1.29, 1.82) is 0 Å². The Balaban J connectivity index is 1.92. The Morgan fingerprint density at radius 2 is 1.90 bits per heavy atom. The molecule has 0 saturated carbocycles. The number of hydrogen-bond donors (Lipinski definition) is 1. The SMILES string of the molecule is Oc1oc(-c2ccccc2Br)nc1C=Nc1ncccn1. The number of nitrogens with zero attached hydrogens (tertiary/aromatic N) is 4. The Hall–Kier alpha value is -2.54. The van der Waals surface area contributed by atoms with E-state index in [1.807, 2.05) is 24.3 Å². The summed E-state index contributed by atoms with van der Waals surface area (Å²) >= 11 is 3.41. The summed E-state index contributed by atoms with van der Waals surface area (Å²) in [6.07, 6.45) is 4.51. The summed E-state index contributed by atoms with van der Waals surface area (Å²) in [5.74, 6) is 0.276. The Kier molecular flexibility index (Phi) is 3.74. The lowest BCUT2D eigenvalue weighted by molar-refractivity contribution is 0.337. The molecule has 2 aromatic heterocycles. The van der Waals surface area contributed by atoms with E-state index in [4.69, 9.17) is 4.42 Å². The third-order valence-corrected chi connectivity index (χ3v) is 3.28. The molecule has 3 aromatic rings. The minimum Gasteiger partial charge on any atom is -0.479 e. The van der Waals surface area contributed by atoms with Gasteiger partial charge in [0.15, 0.2) is 5.69 Å². The number of hydrogen-bond acceptors (Lipinski definition) is 6. The fraction of sp³-hybridized carbons (Fsp3) is 0. The van der Waals surface area contributed by atoms with E-state index >= 15 is 0 Å². The van der Waals surface area contributed by atoms with Crippen LogP contribution in [0, 0.1) is 0 Å². The second-order valence-electron chi connectivity index (χ2n) is 4.00. The van der Waals surface area contributed by atoms with Gasteiger partial charge in [-0.3, -0.25) is 0 Å². The zero-order valence-corrected chi connectivity index (χ0v) is 12.2. The van der Waals surface area contributed by atoms with E-state index in [-0.39, 0.29) is 17.6 Å². The molecule has 104 valence electrons. The largest absolute Gasteiger partial charge is 0.479 e. The average molecular weight is 345 g/mol. The normalized spacial score (nSPS) is 11.1. The zero-order valence-electron chi connectivity index (χ0n) is 10.6. The predicted molar refractivity (Wildman–Crippen MR) is 80.6 cm³/mol. The van der Waals surface area contributed by atoms with E-state index in [0.717, 1.165) is 10.0 Å². The summed E-state index contributed by atoms with van der Waals surface area (Å²) < 4.78 is 6.07. The highest BCUT2D eigenvalue weighted by atomic mass is 79.9. The molecular weight excluding hydrogens is 336 g/mol. The summed E-state index contributed by atoms with van der Waals surface area (Å²) in [6, 6.07) is 9.12. The van der Waals surface area contributed by atoms with Crippen LogP contribution in [0.1, 0.15) is 5.69 Å². The summed E-state index contributed by atoms with van der Waals surface area (Å²) in [6.45, 7) is 0. The van der Waals surface area contributed by atoms with Gasteiger partial charge in [-0.2, -0.15) is 0 Å². The van der Waals surface area contributed by atoms with Crippen molar-refractivity contribution in [2.45, 2.75) is 0 Å². The molecule has 0 atom stereocenters. The Morgan fingerprint density at radius 3 is 2.67 bits per heavy atom. The molecule has 0 spiro atoms. The van der Waals surface area contributed by atoms with E-state index in [1.54, 1.807) is 18.5 Å². The number of halogens is 1. The van der Waals surface area contributed by atoms with Gasteiger partial charge >= 0.3 is 5.95 Å². The molecule has 0 saturated heterocycles. The van der Waals surface area contributed by atoms with Gasteiger partial charge in [0.2, 0.25) is 11.8 Å². The summed E-state index contributed by atoms with van der Waals surface area (Å²) in [5.41, 5.74) is 0.955. The second kappa shape index (κ2) is 5.84. The number of aliphatic imine (C=N–C) groups is 1. The van der Waals surface area contributed by atoms with Gasteiger partial charge in [0.1, 0.15) is 0 Å². The second-order valence-corrected chi connectivity index (χ2v) is 4.85. The van der Waals surface area contributed by atoms with Crippen LogP contribution in [0.15, 0.2) is 56.6 Å². The zero-order chi connectivity index (χ0) is 14.7. The number of aromatic hydroxyl groups is 1. The average Bonchev–Trinajstić information content (AvgIpc) is 2.88. The summed E-state index contributed by atoms with van der Waals surface area (Å²) in [4.78, 5) is 16.1. The molecule has 0 amide bonds. The Morgan fingerprint density at radius 1 is 1.14 bits per heavy atom. The summed E-state index contributed by atoms with van der Waals surface area (Å²) in [5, 5.41) is 9.79. The first kappa shape index (κ1) is 13.4. The lowest BCUT2D eigenvalue weighted by Crippen LogP contribution is -1.85. The van der Waals surface area contributed by atoms with E-state index in [9.17, 15) is 5.11 Å². The van der Waals surface area contributed by atoms with Crippen LogP contribution in [-0.4, -0.2) is 26.3 Å². The highest BCUT2D eigenvalue weighted by Gasteiger charge is 2.14. The molecule has 7 heteroatoms. The van der Waals surface area contributed by atoms with Crippen LogP contribution in [-0.2, 0) is 0 Å². The minimum atomic E-state index is -0.305. The molecule has 0 radical (unpaired) electrons. The molecule has 21 heavy (non-hydrogen) atoms. The highest BCUT2D eigenvalue weighted by Crippen LogP contribution is 2.30. The van der Waals surface area contributed by atoms with Gasteiger partial charge in [-0.1, -0.05) is 12.1 Å². The van der Waals surface area contributed by atoms with Crippen molar-refractivity contribution >= 4 is 28.1 Å². The Bertz CT molecular complexity index is 787. The van der Waals surface area contributed by atoms with Gasteiger partial charge in [0.05, 0.1) is 11.8 Å². The fourth-order valence-electron chi connectivity index (χ4n) is 1.63. The molecule has 0 bridgehead atoms. The maximum atomic E-state index is 9.79. The van der Waals surface area contributed by atoms with Crippen molar-refractivity contribution in [1.82, 2.24) is 15.0 Å². The third kappa shape index (κ3) is 2.97. The number of oxazole rings is 1. The molecule has 1 N–H and O–H groups in total. The van der Waals surface area contributed by atoms with Crippen LogP contribution >= 0.6 is 15.9 Å². The molecule has 0 aliphatic heterocycles. The molecular formula is C14H9BrN4O2. The van der Waals surface area contributed by atoms with Crippen molar-refractivity contribution in [2.24, 2.45) is 4.99 Å². The van der Waals surface area contributed by atoms with Crippen LogP contribution in [0.5, 0.6) is 5.95 Å². The fourth-order valence-corrected chi connectivity index (χ4v) is 2.09. The number of aromatic nitrogens is 3. The molecule has 1 aromatic carbocycles. The van der Waals surface area contributed by atoms with E-state index < -0.39 is 0 Å². The topological polar surface area (TPSA) is 84.4 Å². The maximum absolute atomic E-state index is 9.79. The molecule has 3 rings (SSSR count). The minimum absolute atomic E-state index is 0.216. The lowest BCUT2D eigenvalue weighted by atomic mass is 10.2. The predicted octanol–water partition coefficient (Wildman–Crippen LogP) is 3.35. The molecule has 0 aliphatic carbocycles. The number of benzene rings is 1. The molecule has 2 heterocycles. The monoisotopic (exact) mass is 344 g/mol. The van der Waals surface area contributed by atoms with Gasteiger partial charge in [0, 0.05) is 16.9 Å². The van der Waals surface area contributed by atoms with E-state index in [2.05, 4.69) is 35.9 Å². The van der Waals surface area contributed by atoms with Crippen LogP contribution in [0.4, 0.5) is 5.95 Å².